The predicted molar refractivity (Wildman–Crippen MR) is 67.9 cm³/mol. The van der Waals surface area contributed by atoms with Gasteiger partial charge in [0, 0.05) is 19.5 Å². The summed E-state index contributed by atoms with van der Waals surface area (Å²) in [5.41, 5.74) is 0.0163. The van der Waals surface area contributed by atoms with E-state index < -0.39 is 35.9 Å². The molecule has 0 saturated carbocycles. The number of nitrogens with zero attached hydrogens (tertiary/aromatic N) is 1. The molecule has 21 heavy (non-hydrogen) atoms. The van der Waals surface area contributed by atoms with Crippen LogP contribution >= 0.6 is 0 Å². The van der Waals surface area contributed by atoms with Gasteiger partial charge in [-0.15, -0.1) is 0 Å². The number of hydrogen-bond donors (Lipinski definition) is 1. The molecule has 2 atom stereocenters. The molecule has 1 heterocycles. The van der Waals surface area contributed by atoms with Crippen LogP contribution in [0.4, 0.5) is 17.6 Å². The number of piperidine rings is 1. The average molecular weight is 310 g/mol. The molecular formula is C13H18F4N2O2. The highest BCUT2D eigenvalue weighted by molar-refractivity contribution is 5.92. The Hall–Kier alpha value is -1.60. The fourth-order valence-corrected chi connectivity index (χ4v) is 2.28. The van der Waals surface area contributed by atoms with Gasteiger partial charge in [0.15, 0.2) is 5.83 Å². The molecular weight excluding hydrogens is 292 g/mol. The number of likely N-dealkylation sites (tertiary alicyclic amines) is 1. The lowest BCUT2D eigenvalue weighted by Crippen LogP contribution is -2.58. The van der Waals surface area contributed by atoms with E-state index in [0.29, 0.717) is 4.90 Å². The first kappa shape index (κ1) is 17.5. The van der Waals surface area contributed by atoms with Crippen molar-refractivity contribution in [3.63, 3.8) is 0 Å². The van der Waals surface area contributed by atoms with E-state index >= 15 is 0 Å². The van der Waals surface area contributed by atoms with Gasteiger partial charge in [-0.25, -0.2) is 4.39 Å². The topological polar surface area (TPSA) is 49.4 Å². The smallest absolute Gasteiger partial charge is 0.352 e. The van der Waals surface area contributed by atoms with Crippen LogP contribution in [0.5, 0.6) is 0 Å². The van der Waals surface area contributed by atoms with E-state index in [-0.39, 0.29) is 25.0 Å². The number of alkyl halides is 3. The van der Waals surface area contributed by atoms with Gasteiger partial charge in [0.05, 0.1) is 0 Å². The first-order valence-electron chi connectivity index (χ1n) is 6.51. The summed E-state index contributed by atoms with van der Waals surface area (Å²) in [6.45, 7) is 3.50. The Labute approximate surface area is 120 Å². The Bertz CT molecular complexity index is 456. The third kappa shape index (κ3) is 4.44. The highest BCUT2D eigenvalue weighted by Gasteiger charge is 2.48. The number of amides is 2. The molecule has 0 bridgehead atoms. The fraction of sp³-hybridized carbons (Fsp3) is 0.692. The molecule has 0 spiro atoms. The molecule has 0 aromatic rings. The zero-order valence-electron chi connectivity index (χ0n) is 12.1. The zero-order chi connectivity index (χ0) is 16.4. The lowest BCUT2D eigenvalue weighted by Gasteiger charge is -2.40. The Kier molecular flexibility index (Phi) is 5.36. The van der Waals surface area contributed by atoms with Gasteiger partial charge in [-0.3, -0.25) is 9.59 Å². The van der Waals surface area contributed by atoms with Crippen molar-refractivity contribution in [2.45, 2.75) is 51.9 Å². The van der Waals surface area contributed by atoms with Crippen LogP contribution in [-0.2, 0) is 9.59 Å². The van der Waals surface area contributed by atoms with Crippen molar-refractivity contribution < 1.29 is 27.2 Å². The molecule has 1 aliphatic heterocycles. The van der Waals surface area contributed by atoms with Crippen molar-refractivity contribution in [1.29, 1.82) is 0 Å². The molecule has 1 rings (SSSR count). The zero-order valence-corrected chi connectivity index (χ0v) is 12.1. The Morgan fingerprint density at radius 1 is 1.14 bits per heavy atom. The quantitative estimate of drug-likeness (QED) is 0.628. The van der Waals surface area contributed by atoms with Crippen LogP contribution in [0.25, 0.3) is 0 Å². The minimum absolute atomic E-state index is 0.0163. The van der Waals surface area contributed by atoms with E-state index in [1.165, 1.54) is 20.8 Å². The number of rotatable bonds is 2. The maximum absolute atomic E-state index is 13.7. The van der Waals surface area contributed by atoms with E-state index in [2.05, 4.69) is 5.32 Å². The minimum Gasteiger partial charge on any atom is -0.352 e. The second-order valence-electron chi connectivity index (χ2n) is 5.30. The normalized spacial score (nSPS) is 22.7. The van der Waals surface area contributed by atoms with E-state index in [1.54, 1.807) is 0 Å². The lowest BCUT2D eigenvalue weighted by atomic mass is 9.97. The monoisotopic (exact) mass is 310 g/mol. The van der Waals surface area contributed by atoms with Crippen LogP contribution < -0.4 is 5.32 Å². The van der Waals surface area contributed by atoms with Crippen LogP contribution in [0.1, 0.15) is 33.6 Å². The Morgan fingerprint density at radius 2 is 1.71 bits per heavy atom. The summed E-state index contributed by atoms with van der Waals surface area (Å²) < 4.78 is 52.6. The minimum atomic E-state index is -4.63. The van der Waals surface area contributed by atoms with Gasteiger partial charge in [-0.2, -0.15) is 13.2 Å². The molecule has 4 nitrogen and oxygen atoms in total. The maximum atomic E-state index is 13.7. The molecule has 1 aliphatic rings. The fourth-order valence-electron chi connectivity index (χ4n) is 2.28. The molecule has 8 heteroatoms. The predicted octanol–water partition coefficient (Wildman–Crippen LogP) is 2.31. The third-order valence-corrected chi connectivity index (χ3v) is 3.25. The first-order valence-corrected chi connectivity index (χ1v) is 6.51. The van der Waals surface area contributed by atoms with E-state index in [1.807, 2.05) is 0 Å². The molecule has 120 valence electrons. The number of nitrogens with one attached hydrogen (secondary N) is 1. The van der Waals surface area contributed by atoms with Gasteiger partial charge < -0.3 is 10.2 Å². The Balaban J connectivity index is 3.02. The number of carbonyl (C=O) groups is 2. The number of allylic oxidation sites excluding steroid dienone is 1. The highest BCUT2D eigenvalue weighted by Crippen LogP contribution is 2.33. The summed E-state index contributed by atoms with van der Waals surface area (Å²) in [6.07, 6.45) is -4.90. The van der Waals surface area contributed by atoms with Gasteiger partial charge >= 0.3 is 6.18 Å². The summed E-state index contributed by atoms with van der Waals surface area (Å²) in [5.74, 6) is -2.87. The molecule has 0 unspecified atom stereocenters. The van der Waals surface area contributed by atoms with Gasteiger partial charge in [-0.1, -0.05) is 0 Å². The van der Waals surface area contributed by atoms with Crippen molar-refractivity contribution in [2.24, 2.45) is 0 Å². The highest BCUT2D eigenvalue weighted by atomic mass is 19.4. The number of carbonyl (C=O) groups excluding carboxylic acids is 2. The second-order valence-corrected chi connectivity index (χ2v) is 5.30. The van der Waals surface area contributed by atoms with E-state index in [9.17, 15) is 27.2 Å². The lowest BCUT2D eigenvalue weighted by molar-refractivity contribution is -0.196. The van der Waals surface area contributed by atoms with Crippen LogP contribution in [0, 0.1) is 0 Å². The summed E-state index contributed by atoms with van der Waals surface area (Å²) in [6, 6.07) is -2.63. The molecule has 1 N–H and O–H groups in total. The molecule has 0 aromatic heterocycles. The van der Waals surface area contributed by atoms with Crippen molar-refractivity contribution in [2.75, 3.05) is 6.54 Å². The first-order chi connectivity index (χ1) is 9.54. The van der Waals surface area contributed by atoms with Gasteiger partial charge in [0.25, 0.3) is 5.91 Å². The standard InChI is InChI=1S/C13H18F4N2O2/c1-7(2)11(14)12(21)19-6-9(18-8(3)20)4-5-10(19)13(15,16)17/h9-10H,4-6H2,1-3H3,(H,18,20)/t9-,10-/m0/s1. The summed E-state index contributed by atoms with van der Waals surface area (Å²) >= 11 is 0. The summed E-state index contributed by atoms with van der Waals surface area (Å²) in [4.78, 5) is 23.4. The molecule has 0 aliphatic carbocycles. The SMILES string of the molecule is CC(=O)N[C@H]1CC[C@@H](C(F)(F)F)N(C(=O)C(F)=C(C)C)C1. The van der Waals surface area contributed by atoms with Crippen molar-refractivity contribution >= 4 is 11.8 Å². The van der Waals surface area contributed by atoms with Crippen LogP contribution in [-0.4, -0.2) is 41.5 Å². The van der Waals surface area contributed by atoms with Gasteiger partial charge in [-0.05, 0) is 32.3 Å². The van der Waals surface area contributed by atoms with Crippen LogP contribution in [0.3, 0.4) is 0 Å². The van der Waals surface area contributed by atoms with Crippen molar-refractivity contribution in [3.8, 4) is 0 Å². The number of halogens is 4. The summed E-state index contributed by atoms with van der Waals surface area (Å²) in [7, 11) is 0. The van der Waals surface area contributed by atoms with E-state index in [4.69, 9.17) is 0 Å². The van der Waals surface area contributed by atoms with Crippen LogP contribution in [0.15, 0.2) is 11.4 Å². The molecule has 0 aromatic carbocycles. The van der Waals surface area contributed by atoms with Crippen molar-refractivity contribution in [1.82, 2.24) is 10.2 Å². The second kappa shape index (κ2) is 6.44. The maximum Gasteiger partial charge on any atom is 0.408 e. The number of hydrogen-bond acceptors (Lipinski definition) is 2. The molecule has 1 fully saturated rings. The van der Waals surface area contributed by atoms with Gasteiger partial charge in [0.1, 0.15) is 6.04 Å². The van der Waals surface area contributed by atoms with E-state index in [0.717, 1.165) is 0 Å². The summed E-state index contributed by atoms with van der Waals surface area (Å²) in [5, 5.41) is 2.47. The third-order valence-electron chi connectivity index (χ3n) is 3.25. The molecule has 2 amide bonds. The van der Waals surface area contributed by atoms with Gasteiger partial charge in [0.2, 0.25) is 5.91 Å². The average Bonchev–Trinajstić information content (AvgIpc) is 2.34. The molecule has 0 radical (unpaired) electrons. The van der Waals surface area contributed by atoms with Crippen LogP contribution in [0.2, 0.25) is 0 Å². The molecule has 1 saturated heterocycles. The Morgan fingerprint density at radius 3 is 2.14 bits per heavy atom. The van der Waals surface area contributed by atoms with Crippen molar-refractivity contribution in [3.05, 3.63) is 11.4 Å². The largest absolute Gasteiger partial charge is 0.408 e.